The number of allylic oxidation sites excluding steroid dienone is 2. The van der Waals surface area contributed by atoms with Crippen molar-refractivity contribution >= 4 is 23.7 Å². The van der Waals surface area contributed by atoms with E-state index in [-0.39, 0.29) is 5.91 Å². The molecule has 3 nitrogen and oxygen atoms in total. The van der Waals surface area contributed by atoms with Gasteiger partial charge in [-0.2, -0.15) is 5.10 Å². The van der Waals surface area contributed by atoms with Crippen LogP contribution in [0.4, 0.5) is 0 Å². The third-order valence-corrected chi connectivity index (χ3v) is 3.68. The lowest BCUT2D eigenvalue weighted by atomic mass is 9.91. The van der Waals surface area contributed by atoms with E-state index < -0.39 is 0 Å². The van der Waals surface area contributed by atoms with Crippen LogP contribution in [-0.4, -0.2) is 12.1 Å². The number of benzene rings is 1. The Bertz CT molecular complexity index is 520. The van der Waals surface area contributed by atoms with Gasteiger partial charge in [0.25, 0.3) is 0 Å². The predicted molar refractivity (Wildman–Crippen MR) is 82.9 cm³/mol. The molecule has 1 aromatic carbocycles. The minimum Gasteiger partial charge on any atom is -0.273 e. The van der Waals surface area contributed by atoms with Gasteiger partial charge in [-0.1, -0.05) is 35.4 Å². The van der Waals surface area contributed by atoms with E-state index in [1.54, 1.807) is 12.1 Å². The third kappa shape index (κ3) is 4.82. The molecule has 1 aliphatic rings. The van der Waals surface area contributed by atoms with E-state index >= 15 is 0 Å². The van der Waals surface area contributed by atoms with Gasteiger partial charge in [0, 0.05) is 11.2 Å². The first kappa shape index (κ1) is 14.8. The molecule has 1 N–H and O–H groups in total. The largest absolute Gasteiger partial charge is 0.273 e. The minimum absolute atomic E-state index is 0.105. The molecule has 4 heteroatoms. The van der Waals surface area contributed by atoms with E-state index in [4.69, 9.17) is 11.6 Å². The van der Waals surface area contributed by atoms with Crippen LogP contribution in [0.25, 0.3) is 0 Å². The monoisotopic (exact) mass is 290 g/mol. The summed E-state index contributed by atoms with van der Waals surface area (Å²) in [4.78, 5) is 11.7. The van der Waals surface area contributed by atoms with Crippen LogP contribution in [0.2, 0.25) is 5.02 Å². The molecular formula is C16H19ClN2O. The van der Waals surface area contributed by atoms with E-state index in [0.717, 1.165) is 24.8 Å². The van der Waals surface area contributed by atoms with Crippen molar-refractivity contribution in [3.8, 4) is 0 Å². The molecule has 1 amide bonds. The quantitative estimate of drug-likeness (QED) is 0.512. The summed E-state index contributed by atoms with van der Waals surface area (Å²) in [5, 5.41) is 4.73. The van der Waals surface area contributed by atoms with E-state index in [0.29, 0.717) is 17.4 Å². The number of carbonyl (C=O) groups is 1. The second-order valence-corrected chi connectivity index (χ2v) is 5.64. The highest BCUT2D eigenvalue weighted by molar-refractivity contribution is 6.30. The average molecular weight is 291 g/mol. The zero-order chi connectivity index (χ0) is 14.4. The Labute approximate surface area is 124 Å². The summed E-state index contributed by atoms with van der Waals surface area (Å²) in [5.41, 5.74) is 4.96. The number of hydrogen-bond acceptors (Lipinski definition) is 2. The summed E-state index contributed by atoms with van der Waals surface area (Å²) >= 11 is 5.80. The summed E-state index contributed by atoms with van der Waals surface area (Å²) in [7, 11) is 0. The molecule has 0 heterocycles. The van der Waals surface area contributed by atoms with Crippen molar-refractivity contribution in [3.05, 3.63) is 46.5 Å². The standard InChI is InChI=1S/C16H19ClN2O/c1-12-2-4-14(5-3-12)11-18-19-16(20)10-13-6-8-15(17)9-7-13/h2,6-9,11,14H,3-5,10H2,1H3,(H,19,20). The fraction of sp³-hybridized carbons (Fsp3) is 0.375. The lowest BCUT2D eigenvalue weighted by Crippen LogP contribution is -2.20. The minimum atomic E-state index is -0.105. The molecule has 20 heavy (non-hydrogen) atoms. The van der Waals surface area contributed by atoms with Crippen molar-refractivity contribution in [2.75, 3.05) is 0 Å². The first-order valence-corrected chi connectivity index (χ1v) is 7.23. The number of nitrogens with one attached hydrogen (secondary N) is 1. The second kappa shape index (κ2) is 7.25. The van der Waals surface area contributed by atoms with Gasteiger partial charge in [0.15, 0.2) is 0 Å². The Morgan fingerprint density at radius 2 is 2.20 bits per heavy atom. The predicted octanol–water partition coefficient (Wildman–Crippen LogP) is 3.73. The summed E-state index contributed by atoms with van der Waals surface area (Å²) < 4.78 is 0. The zero-order valence-corrected chi connectivity index (χ0v) is 12.4. The van der Waals surface area contributed by atoms with Crippen molar-refractivity contribution in [1.29, 1.82) is 0 Å². The molecule has 1 unspecified atom stereocenters. The summed E-state index contributed by atoms with van der Waals surface area (Å²) in [6.07, 6.45) is 7.66. The van der Waals surface area contributed by atoms with Gasteiger partial charge in [-0.05, 0) is 49.8 Å². The molecule has 0 radical (unpaired) electrons. The molecule has 0 bridgehead atoms. The Morgan fingerprint density at radius 1 is 1.45 bits per heavy atom. The molecule has 0 saturated carbocycles. The van der Waals surface area contributed by atoms with Crippen LogP contribution in [0.15, 0.2) is 41.0 Å². The molecule has 1 aliphatic carbocycles. The van der Waals surface area contributed by atoms with E-state index in [2.05, 4.69) is 23.5 Å². The molecule has 1 aromatic rings. The number of nitrogens with zero attached hydrogens (tertiary/aromatic N) is 1. The summed E-state index contributed by atoms with van der Waals surface area (Å²) in [5.74, 6) is 0.334. The van der Waals surface area contributed by atoms with Crippen LogP contribution in [0.1, 0.15) is 31.7 Å². The van der Waals surface area contributed by atoms with Gasteiger partial charge >= 0.3 is 0 Å². The highest BCUT2D eigenvalue weighted by Gasteiger charge is 2.10. The molecule has 0 fully saturated rings. The van der Waals surface area contributed by atoms with Crippen molar-refractivity contribution in [1.82, 2.24) is 5.43 Å². The fourth-order valence-corrected chi connectivity index (χ4v) is 2.29. The molecule has 2 rings (SSSR count). The van der Waals surface area contributed by atoms with Gasteiger partial charge in [-0.3, -0.25) is 4.79 Å². The van der Waals surface area contributed by atoms with Gasteiger partial charge in [0.05, 0.1) is 6.42 Å². The Kier molecular flexibility index (Phi) is 5.36. The van der Waals surface area contributed by atoms with Gasteiger partial charge in [0.2, 0.25) is 5.91 Å². The number of rotatable bonds is 4. The molecular weight excluding hydrogens is 272 g/mol. The van der Waals surface area contributed by atoms with Crippen LogP contribution in [0, 0.1) is 5.92 Å². The maximum atomic E-state index is 11.7. The van der Waals surface area contributed by atoms with E-state index in [9.17, 15) is 4.79 Å². The lowest BCUT2D eigenvalue weighted by Gasteiger charge is -2.15. The SMILES string of the molecule is CC1=CCC(C=NNC(=O)Cc2ccc(Cl)cc2)CC1. The van der Waals surface area contributed by atoms with Crippen LogP contribution in [-0.2, 0) is 11.2 Å². The van der Waals surface area contributed by atoms with Gasteiger partial charge in [0.1, 0.15) is 0 Å². The van der Waals surface area contributed by atoms with Gasteiger partial charge in [-0.25, -0.2) is 5.43 Å². The summed E-state index contributed by atoms with van der Waals surface area (Å²) in [6, 6.07) is 7.26. The third-order valence-electron chi connectivity index (χ3n) is 3.43. The molecule has 0 aromatic heterocycles. The number of hydrogen-bond donors (Lipinski definition) is 1. The zero-order valence-electron chi connectivity index (χ0n) is 11.6. The van der Waals surface area contributed by atoms with E-state index in [1.165, 1.54) is 5.57 Å². The Balaban J connectivity index is 1.76. The average Bonchev–Trinajstić information content (AvgIpc) is 2.44. The van der Waals surface area contributed by atoms with Crippen LogP contribution < -0.4 is 5.43 Å². The molecule has 0 saturated heterocycles. The Hall–Kier alpha value is -1.61. The molecule has 1 atom stereocenters. The van der Waals surface area contributed by atoms with Crippen molar-refractivity contribution in [3.63, 3.8) is 0 Å². The smallest absolute Gasteiger partial charge is 0.244 e. The summed E-state index contributed by atoms with van der Waals surface area (Å²) in [6.45, 7) is 2.15. The first-order valence-electron chi connectivity index (χ1n) is 6.85. The van der Waals surface area contributed by atoms with Crippen LogP contribution in [0.5, 0.6) is 0 Å². The highest BCUT2D eigenvalue weighted by atomic mass is 35.5. The number of halogens is 1. The number of amides is 1. The highest BCUT2D eigenvalue weighted by Crippen LogP contribution is 2.21. The Morgan fingerprint density at radius 3 is 2.85 bits per heavy atom. The van der Waals surface area contributed by atoms with Gasteiger partial charge < -0.3 is 0 Å². The maximum Gasteiger partial charge on any atom is 0.244 e. The van der Waals surface area contributed by atoms with Crippen LogP contribution in [0.3, 0.4) is 0 Å². The van der Waals surface area contributed by atoms with E-state index in [1.807, 2.05) is 18.3 Å². The number of hydrazone groups is 1. The molecule has 106 valence electrons. The van der Waals surface area contributed by atoms with Gasteiger partial charge in [-0.15, -0.1) is 0 Å². The topological polar surface area (TPSA) is 41.5 Å². The van der Waals surface area contributed by atoms with Crippen molar-refractivity contribution in [2.24, 2.45) is 11.0 Å². The maximum absolute atomic E-state index is 11.7. The molecule has 0 spiro atoms. The lowest BCUT2D eigenvalue weighted by molar-refractivity contribution is -0.120. The van der Waals surface area contributed by atoms with Crippen molar-refractivity contribution in [2.45, 2.75) is 32.6 Å². The van der Waals surface area contributed by atoms with Crippen LogP contribution >= 0.6 is 11.6 Å². The number of carbonyl (C=O) groups excluding carboxylic acids is 1. The second-order valence-electron chi connectivity index (χ2n) is 5.20. The normalized spacial score (nSPS) is 18.9. The first-order chi connectivity index (χ1) is 9.63. The fourth-order valence-electron chi connectivity index (χ4n) is 2.16. The molecule has 0 aliphatic heterocycles. The van der Waals surface area contributed by atoms with Crippen molar-refractivity contribution < 1.29 is 4.79 Å².